The molecule has 1 aromatic carbocycles. The van der Waals surface area contributed by atoms with Gasteiger partial charge < -0.3 is 15.2 Å². The number of anilines is 1. The van der Waals surface area contributed by atoms with Crippen molar-refractivity contribution >= 4 is 43.0 Å². The second kappa shape index (κ2) is 7.72. The molecular weight excluding hydrogens is 402 g/mol. The van der Waals surface area contributed by atoms with Crippen LogP contribution >= 0.6 is 11.3 Å². The Labute approximate surface area is 166 Å². The third kappa shape index (κ3) is 3.65. The van der Waals surface area contributed by atoms with Gasteiger partial charge in [0.2, 0.25) is 5.88 Å². The minimum absolute atomic E-state index is 0.0208. The fourth-order valence-corrected chi connectivity index (χ4v) is 4.60. The number of aromatic nitrogens is 2. The molecule has 2 heterocycles. The minimum atomic E-state index is -3.47. The first-order valence-electron chi connectivity index (χ1n) is 8.52. The molecule has 3 rings (SSSR count). The summed E-state index contributed by atoms with van der Waals surface area (Å²) < 4.78 is 29.7. The quantitative estimate of drug-likeness (QED) is 0.587. The average molecular weight is 422 g/mol. The number of ether oxygens (including phenoxy) is 1. The molecule has 0 bridgehead atoms. The van der Waals surface area contributed by atoms with Gasteiger partial charge in [-0.15, -0.1) is 11.3 Å². The molecule has 0 aliphatic heterocycles. The lowest BCUT2D eigenvalue weighted by atomic mass is 10.2. The van der Waals surface area contributed by atoms with Crippen LogP contribution in [0.4, 0.5) is 5.69 Å². The van der Waals surface area contributed by atoms with Crippen LogP contribution in [0.1, 0.15) is 29.1 Å². The highest BCUT2D eigenvalue weighted by Crippen LogP contribution is 2.35. The van der Waals surface area contributed by atoms with Gasteiger partial charge in [0.25, 0.3) is 5.91 Å². The lowest BCUT2D eigenvalue weighted by Crippen LogP contribution is -2.12. The number of nitrogens with one attached hydrogen (secondary N) is 1. The maximum Gasteiger partial charge on any atom is 0.266 e. The number of sulfone groups is 1. The molecule has 148 valence electrons. The maximum atomic E-state index is 12.8. The van der Waals surface area contributed by atoms with E-state index in [1.165, 1.54) is 42.8 Å². The average Bonchev–Trinajstić information content (AvgIpc) is 3.01. The summed E-state index contributed by atoms with van der Waals surface area (Å²) in [5.41, 5.74) is 0.672. The molecule has 3 aromatic rings. The number of phenols is 1. The largest absolute Gasteiger partial charge is 0.506 e. The zero-order valence-corrected chi connectivity index (χ0v) is 17.1. The number of benzene rings is 1. The minimum Gasteiger partial charge on any atom is -0.506 e. The van der Waals surface area contributed by atoms with Crippen molar-refractivity contribution in [3.05, 3.63) is 35.0 Å². The van der Waals surface area contributed by atoms with E-state index in [9.17, 15) is 18.3 Å². The van der Waals surface area contributed by atoms with Gasteiger partial charge in [-0.1, -0.05) is 6.92 Å². The number of amides is 1. The fraction of sp³-hybridized carbons (Fsp3) is 0.278. The standard InChI is InChI=1S/C18H19N3O5S2/c1-4-26-17-14-10(3)15(27-18(14)20-9-19-17)16(23)21-12-8-11(6-7-13(12)22)28(24,25)5-2/h6-9,22H,4-5H2,1-3H3,(H,21,23). The molecule has 1 amide bonds. The van der Waals surface area contributed by atoms with E-state index in [4.69, 9.17) is 4.74 Å². The predicted molar refractivity (Wildman–Crippen MR) is 107 cm³/mol. The number of hydrogen-bond acceptors (Lipinski definition) is 8. The van der Waals surface area contributed by atoms with E-state index in [1.54, 1.807) is 6.92 Å². The summed E-state index contributed by atoms with van der Waals surface area (Å²) in [6.45, 7) is 5.55. The molecule has 0 saturated heterocycles. The molecule has 2 aromatic heterocycles. The number of fused-ring (bicyclic) bond motifs is 1. The Morgan fingerprint density at radius 2 is 2.04 bits per heavy atom. The molecule has 0 aliphatic carbocycles. The van der Waals surface area contributed by atoms with Crippen LogP contribution in [0, 0.1) is 6.92 Å². The Morgan fingerprint density at radius 1 is 1.29 bits per heavy atom. The van der Waals surface area contributed by atoms with Crippen molar-refractivity contribution in [2.75, 3.05) is 17.7 Å². The van der Waals surface area contributed by atoms with E-state index in [0.29, 0.717) is 33.1 Å². The Hall–Kier alpha value is -2.72. The highest BCUT2D eigenvalue weighted by molar-refractivity contribution is 7.91. The van der Waals surface area contributed by atoms with Gasteiger partial charge in [0.15, 0.2) is 9.84 Å². The number of carbonyl (C=O) groups is 1. The van der Waals surface area contributed by atoms with E-state index in [0.717, 1.165) is 0 Å². The van der Waals surface area contributed by atoms with Crippen molar-refractivity contribution in [3.63, 3.8) is 0 Å². The van der Waals surface area contributed by atoms with E-state index in [2.05, 4.69) is 15.3 Å². The van der Waals surface area contributed by atoms with Crippen LogP contribution in [0.3, 0.4) is 0 Å². The number of carbonyl (C=O) groups excluding carboxylic acids is 1. The highest BCUT2D eigenvalue weighted by atomic mass is 32.2. The SMILES string of the molecule is CCOc1ncnc2sc(C(=O)Nc3cc(S(=O)(=O)CC)ccc3O)c(C)c12. The summed E-state index contributed by atoms with van der Waals surface area (Å²) in [4.78, 5) is 22.1. The number of aryl methyl sites for hydroxylation is 1. The summed E-state index contributed by atoms with van der Waals surface area (Å²) in [6.07, 6.45) is 1.37. The van der Waals surface area contributed by atoms with Crippen LogP contribution in [0.5, 0.6) is 11.6 Å². The number of nitrogens with zero attached hydrogens (tertiary/aromatic N) is 2. The molecule has 0 saturated carbocycles. The zero-order chi connectivity index (χ0) is 20.5. The molecule has 0 unspecified atom stereocenters. The summed E-state index contributed by atoms with van der Waals surface area (Å²) in [6, 6.07) is 3.80. The maximum absolute atomic E-state index is 12.8. The van der Waals surface area contributed by atoms with Gasteiger partial charge in [-0.2, -0.15) is 0 Å². The van der Waals surface area contributed by atoms with Crippen LogP contribution in [0.25, 0.3) is 10.2 Å². The van der Waals surface area contributed by atoms with Crippen molar-refractivity contribution in [2.24, 2.45) is 0 Å². The molecule has 0 radical (unpaired) electrons. The van der Waals surface area contributed by atoms with Crippen LogP contribution in [0.15, 0.2) is 29.4 Å². The number of rotatable bonds is 6. The molecular formula is C18H19N3O5S2. The molecule has 0 aliphatic rings. The van der Waals surface area contributed by atoms with E-state index in [1.807, 2.05) is 6.92 Å². The number of thiophene rings is 1. The highest BCUT2D eigenvalue weighted by Gasteiger charge is 2.22. The predicted octanol–water partition coefficient (Wildman–Crippen LogP) is 3.15. The van der Waals surface area contributed by atoms with Gasteiger partial charge >= 0.3 is 0 Å². The third-order valence-electron chi connectivity index (χ3n) is 4.13. The zero-order valence-electron chi connectivity index (χ0n) is 15.5. The van der Waals surface area contributed by atoms with Gasteiger partial charge in [-0.25, -0.2) is 18.4 Å². The van der Waals surface area contributed by atoms with Crippen molar-refractivity contribution in [1.82, 2.24) is 9.97 Å². The Kier molecular flexibility index (Phi) is 5.52. The van der Waals surface area contributed by atoms with Crippen molar-refractivity contribution < 1.29 is 23.1 Å². The van der Waals surface area contributed by atoms with Gasteiger partial charge in [-0.3, -0.25) is 4.79 Å². The molecule has 28 heavy (non-hydrogen) atoms. The monoisotopic (exact) mass is 421 g/mol. The Balaban J connectivity index is 1.99. The van der Waals surface area contributed by atoms with Gasteiger partial charge in [0.05, 0.1) is 33.2 Å². The van der Waals surface area contributed by atoms with E-state index in [-0.39, 0.29) is 22.1 Å². The summed E-state index contributed by atoms with van der Waals surface area (Å²) in [5.74, 6) is -0.389. The van der Waals surface area contributed by atoms with Crippen molar-refractivity contribution in [3.8, 4) is 11.6 Å². The third-order valence-corrected chi connectivity index (χ3v) is 7.07. The topological polar surface area (TPSA) is 118 Å². The lowest BCUT2D eigenvalue weighted by molar-refractivity contribution is 0.102. The molecule has 2 N–H and O–H groups in total. The van der Waals surface area contributed by atoms with Crippen LogP contribution in [0.2, 0.25) is 0 Å². The van der Waals surface area contributed by atoms with Crippen LogP contribution in [-0.4, -0.2) is 41.8 Å². The Bertz CT molecular complexity index is 1160. The molecule has 0 atom stereocenters. The normalized spacial score (nSPS) is 11.5. The number of hydrogen-bond donors (Lipinski definition) is 2. The summed E-state index contributed by atoms with van der Waals surface area (Å²) in [7, 11) is -3.47. The second-order valence-corrected chi connectivity index (χ2v) is 9.16. The molecule has 10 heteroatoms. The van der Waals surface area contributed by atoms with Crippen molar-refractivity contribution in [1.29, 1.82) is 0 Å². The van der Waals surface area contributed by atoms with Gasteiger partial charge in [0.1, 0.15) is 16.9 Å². The van der Waals surface area contributed by atoms with Crippen molar-refractivity contribution in [2.45, 2.75) is 25.7 Å². The van der Waals surface area contributed by atoms with Crippen LogP contribution in [-0.2, 0) is 9.84 Å². The fourth-order valence-electron chi connectivity index (χ4n) is 2.66. The first-order valence-corrected chi connectivity index (χ1v) is 11.0. The molecule has 8 nitrogen and oxygen atoms in total. The molecule has 0 fully saturated rings. The first-order chi connectivity index (χ1) is 13.3. The Morgan fingerprint density at radius 3 is 2.71 bits per heavy atom. The smallest absolute Gasteiger partial charge is 0.266 e. The van der Waals surface area contributed by atoms with Gasteiger partial charge in [-0.05, 0) is 37.6 Å². The molecule has 0 spiro atoms. The summed E-state index contributed by atoms with van der Waals surface area (Å²) >= 11 is 1.17. The number of phenolic OH excluding ortho intramolecular Hbond substituents is 1. The second-order valence-electron chi connectivity index (χ2n) is 5.88. The van der Waals surface area contributed by atoms with Crippen LogP contribution < -0.4 is 10.1 Å². The first kappa shape index (κ1) is 20.0. The van der Waals surface area contributed by atoms with E-state index >= 15 is 0 Å². The van der Waals surface area contributed by atoms with Gasteiger partial charge in [0, 0.05) is 0 Å². The van der Waals surface area contributed by atoms with E-state index < -0.39 is 15.7 Å². The number of aromatic hydroxyl groups is 1. The summed E-state index contributed by atoms with van der Waals surface area (Å²) in [5, 5.41) is 13.3. The lowest BCUT2D eigenvalue weighted by Gasteiger charge is -2.09.